The van der Waals surface area contributed by atoms with Crippen LogP contribution >= 0.6 is 15.9 Å². The van der Waals surface area contributed by atoms with E-state index in [4.69, 9.17) is 0 Å². The molecule has 0 bridgehead atoms. The Morgan fingerprint density at radius 2 is 1.94 bits per heavy atom. The van der Waals surface area contributed by atoms with Gasteiger partial charge in [-0.15, -0.1) is 13.2 Å². The van der Waals surface area contributed by atoms with E-state index >= 15 is 0 Å². The third kappa shape index (κ3) is 5.63. The molecule has 0 aliphatic heterocycles. The lowest BCUT2D eigenvalue weighted by Crippen LogP contribution is -2.20. The van der Waals surface area contributed by atoms with E-state index in [9.17, 15) is 22.0 Å². The minimum Gasteiger partial charge on any atom is -0.405 e. The van der Waals surface area contributed by atoms with Crippen LogP contribution in [0.1, 0.15) is 5.56 Å². The van der Waals surface area contributed by atoms with E-state index in [2.05, 4.69) is 26.0 Å². The van der Waals surface area contributed by atoms with E-state index in [1.54, 1.807) is 0 Å². The molecule has 0 atom stereocenters. The molecule has 0 saturated carbocycles. The quantitative estimate of drug-likeness (QED) is 0.829. The molecule has 0 aliphatic rings. The van der Waals surface area contributed by atoms with Crippen molar-refractivity contribution in [3.8, 4) is 5.75 Å². The summed E-state index contributed by atoms with van der Waals surface area (Å²) in [4.78, 5) is 0. The first-order valence-electron chi connectivity index (χ1n) is 4.81. The van der Waals surface area contributed by atoms with E-state index < -0.39 is 19.3 Å². The third-order valence-electron chi connectivity index (χ3n) is 1.85. The zero-order valence-electron chi connectivity index (χ0n) is 8.90. The van der Waals surface area contributed by atoms with E-state index in [0.29, 0.717) is 5.56 Å². The standard InChI is InChI=1S/C10H9BrF5NO/c11-7-3-6(4-17-5-9(12)13)1-2-8(7)18-10(14,15)16/h1-3,9,17H,4-5H2. The Hall–Kier alpha value is -0.890. The number of ether oxygens (including phenoxy) is 1. The molecule has 102 valence electrons. The Kier molecular flexibility index (Phi) is 5.33. The lowest BCUT2D eigenvalue weighted by molar-refractivity contribution is -0.274. The fourth-order valence-corrected chi connectivity index (χ4v) is 1.69. The number of hydrogen-bond acceptors (Lipinski definition) is 2. The molecule has 0 amide bonds. The van der Waals surface area contributed by atoms with Crippen molar-refractivity contribution < 1.29 is 26.7 Å². The second-order valence-electron chi connectivity index (χ2n) is 3.33. The molecule has 0 radical (unpaired) electrons. The minimum atomic E-state index is -4.77. The fourth-order valence-electron chi connectivity index (χ4n) is 1.19. The predicted octanol–water partition coefficient (Wildman–Crippen LogP) is 3.70. The van der Waals surface area contributed by atoms with Crippen LogP contribution in [0.3, 0.4) is 0 Å². The van der Waals surface area contributed by atoms with Gasteiger partial charge in [0, 0.05) is 6.54 Å². The highest BCUT2D eigenvalue weighted by molar-refractivity contribution is 9.10. The number of alkyl halides is 5. The van der Waals surface area contributed by atoms with Gasteiger partial charge in [-0.3, -0.25) is 0 Å². The maximum absolute atomic E-state index is 12.0. The maximum Gasteiger partial charge on any atom is 0.573 e. The van der Waals surface area contributed by atoms with E-state index in [1.807, 2.05) is 0 Å². The number of rotatable bonds is 5. The first-order valence-corrected chi connectivity index (χ1v) is 5.60. The van der Waals surface area contributed by atoms with Crippen LogP contribution in [0.2, 0.25) is 0 Å². The van der Waals surface area contributed by atoms with Crippen LogP contribution in [0.5, 0.6) is 5.75 Å². The molecule has 0 saturated heterocycles. The summed E-state index contributed by atoms with van der Waals surface area (Å²) in [6.45, 7) is -0.340. The molecule has 0 spiro atoms. The molecule has 1 aromatic rings. The summed E-state index contributed by atoms with van der Waals surface area (Å²) in [6.07, 6.45) is -7.24. The normalized spacial score (nSPS) is 11.9. The molecule has 0 fully saturated rings. The first-order chi connectivity index (χ1) is 8.28. The Bertz CT molecular complexity index is 396. The molecule has 0 heterocycles. The van der Waals surface area contributed by atoms with Crippen LogP contribution in [0, 0.1) is 0 Å². The maximum atomic E-state index is 12.0. The van der Waals surface area contributed by atoms with Crippen LogP contribution in [0.25, 0.3) is 0 Å². The zero-order chi connectivity index (χ0) is 13.8. The lowest BCUT2D eigenvalue weighted by Gasteiger charge is -2.11. The van der Waals surface area contributed by atoms with Crippen LogP contribution in [0.4, 0.5) is 22.0 Å². The smallest absolute Gasteiger partial charge is 0.405 e. The van der Waals surface area contributed by atoms with Gasteiger partial charge in [-0.05, 0) is 33.6 Å². The average Bonchev–Trinajstić information content (AvgIpc) is 2.19. The van der Waals surface area contributed by atoms with Crippen molar-refractivity contribution in [2.45, 2.75) is 19.3 Å². The first kappa shape index (κ1) is 15.2. The zero-order valence-corrected chi connectivity index (χ0v) is 10.5. The number of nitrogens with one attached hydrogen (secondary N) is 1. The molecule has 1 aromatic carbocycles. The van der Waals surface area contributed by atoms with Gasteiger partial charge in [0.1, 0.15) is 5.75 Å². The van der Waals surface area contributed by atoms with Crippen LogP contribution in [-0.2, 0) is 6.54 Å². The molecule has 1 rings (SSSR count). The molecule has 1 N–H and O–H groups in total. The van der Waals surface area contributed by atoms with Crippen molar-refractivity contribution in [1.29, 1.82) is 0 Å². The van der Waals surface area contributed by atoms with E-state index in [0.717, 1.165) is 6.07 Å². The highest BCUT2D eigenvalue weighted by Gasteiger charge is 2.31. The molecule has 18 heavy (non-hydrogen) atoms. The predicted molar refractivity (Wildman–Crippen MR) is 58.5 cm³/mol. The Morgan fingerprint density at radius 3 is 2.44 bits per heavy atom. The van der Waals surface area contributed by atoms with E-state index in [1.165, 1.54) is 12.1 Å². The van der Waals surface area contributed by atoms with Gasteiger partial charge in [-0.2, -0.15) is 0 Å². The number of benzene rings is 1. The molecular formula is C10H9BrF5NO. The van der Waals surface area contributed by atoms with Crippen molar-refractivity contribution in [1.82, 2.24) is 5.32 Å². The lowest BCUT2D eigenvalue weighted by atomic mass is 10.2. The van der Waals surface area contributed by atoms with Gasteiger partial charge in [0.25, 0.3) is 6.43 Å². The highest BCUT2D eigenvalue weighted by Crippen LogP contribution is 2.30. The van der Waals surface area contributed by atoms with Gasteiger partial charge in [0.2, 0.25) is 0 Å². The summed E-state index contributed by atoms with van der Waals surface area (Å²) >= 11 is 2.92. The molecule has 0 aromatic heterocycles. The molecular weight excluding hydrogens is 325 g/mol. The Labute approximate surface area is 108 Å². The minimum absolute atomic E-state index is 0.108. The Balaban J connectivity index is 2.62. The topological polar surface area (TPSA) is 21.3 Å². The van der Waals surface area contributed by atoms with Crippen LogP contribution < -0.4 is 10.1 Å². The molecule has 2 nitrogen and oxygen atoms in total. The largest absolute Gasteiger partial charge is 0.573 e. The monoisotopic (exact) mass is 333 g/mol. The van der Waals surface area contributed by atoms with Crippen molar-refractivity contribution >= 4 is 15.9 Å². The summed E-state index contributed by atoms with van der Waals surface area (Å²) in [5.41, 5.74) is 0.567. The summed E-state index contributed by atoms with van der Waals surface area (Å²) < 4.78 is 63.5. The highest BCUT2D eigenvalue weighted by atomic mass is 79.9. The van der Waals surface area contributed by atoms with Crippen molar-refractivity contribution in [2.24, 2.45) is 0 Å². The van der Waals surface area contributed by atoms with Gasteiger partial charge in [-0.1, -0.05) is 6.07 Å². The number of halogens is 6. The van der Waals surface area contributed by atoms with Crippen LogP contribution in [0.15, 0.2) is 22.7 Å². The SMILES string of the molecule is FC(F)CNCc1ccc(OC(F)(F)F)c(Br)c1. The van der Waals surface area contributed by atoms with Gasteiger partial charge in [0.15, 0.2) is 0 Å². The summed E-state index contributed by atoms with van der Waals surface area (Å²) in [7, 11) is 0. The summed E-state index contributed by atoms with van der Waals surface area (Å²) in [6, 6.07) is 3.86. The molecule has 0 aliphatic carbocycles. The number of hydrogen-bond donors (Lipinski definition) is 1. The van der Waals surface area contributed by atoms with Crippen LogP contribution in [-0.4, -0.2) is 19.3 Å². The third-order valence-corrected chi connectivity index (χ3v) is 2.47. The van der Waals surface area contributed by atoms with Gasteiger partial charge < -0.3 is 10.1 Å². The molecule has 8 heteroatoms. The second-order valence-corrected chi connectivity index (χ2v) is 4.19. The molecule has 0 unspecified atom stereocenters. The Morgan fingerprint density at radius 1 is 1.28 bits per heavy atom. The van der Waals surface area contributed by atoms with Crippen molar-refractivity contribution in [2.75, 3.05) is 6.54 Å². The second kappa shape index (κ2) is 6.33. The summed E-state index contributed by atoms with van der Waals surface area (Å²) in [5, 5.41) is 2.46. The van der Waals surface area contributed by atoms with Gasteiger partial charge in [0.05, 0.1) is 11.0 Å². The summed E-state index contributed by atoms with van der Waals surface area (Å²) in [5.74, 6) is -0.375. The van der Waals surface area contributed by atoms with E-state index in [-0.39, 0.29) is 16.8 Å². The fraction of sp³-hybridized carbons (Fsp3) is 0.400. The average molecular weight is 334 g/mol. The van der Waals surface area contributed by atoms with Gasteiger partial charge in [-0.25, -0.2) is 8.78 Å². The van der Waals surface area contributed by atoms with Crippen molar-refractivity contribution in [3.63, 3.8) is 0 Å². The van der Waals surface area contributed by atoms with Gasteiger partial charge >= 0.3 is 6.36 Å². The van der Waals surface area contributed by atoms with Crippen molar-refractivity contribution in [3.05, 3.63) is 28.2 Å².